The number of halogens is 1. The molecule has 0 unspecified atom stereocenters. The molecular weight excluding hydrogens is 466 g/mol. The molecule has 9 nitrogen and oxygen atoms in total. The highest BCUT2D eigenvalue weighted by Gasteiger charge is 2.30. The number of nitrogens with zero attached hydrogens (tertiary/aromatic N) is 6. The third kappa shape index (κ3) is 3.83. The molecule has 1 atom stereocenters. The predicted octanol–water partition coefficient (Wildman–Crippen LogP) is 4.93. The zero-order valence-corrected chi connectivity index (χ0v) is 19.7. The van der Waals surface area contributed by atoms with Crippen molar-refractivity contribution in [2.75, 3.05) is 29.9 Å². The number of furan rings is 1. The summed E-state index contributed by atoms with van der Waals surface area (Å²) in [5.74, 6) is 1.92. The van der Waals surface area contributed by atoms with Gasteiger partial charge in [0.05, 0.1) is 11.8 Å². The van der Waals surface area contributed by atoms with Crippen LogP contribution < -0.4 is 10.2 Å². The minimum absolute atomic E-state index is 0.0604. The predicted molar refractivity (Wildman–Crippen MR) is 135 cm³/mol. The molecule has 4 heterocycles. The van der Waals surface area contributed by atoms with Gasteiger partial charge in [0.25, 0.3) is 0 Å². The van der Waals surface area contributed by atoms with Gasteiger partial charge in [0.2, 0.25) is 11.8 Å². The largest absolute Gasteiger partial charge is 0.461 e. The van der Waals surface area contributed by atoms with E-state index >= 15 is 0 Å². The summed E-state index contributed by atoms with van der Waals surface area (Å²) in [5, 5.41) is 13.3. The lowest BCUT2D eigenvalue weighted by molar-refractivity contribution is 0.184. The fourth-order valence-corrected chi connectivity index (χ4v) is 4.74. The lowest BCUT2D eigenvalue weighted by atomic mass is 10.2. The third-order valence-electron chi connectivity index (χ3n) is 6.22. The molecule has 0 bridgehead atoms. The second kappa shape index (κ2) is 8.59. The van der Waals surface area contributed by atoms with Crippen LogP contribution >= 0.6 is 11.6 Å². The highest BCUT2D eigenvalue weighted by atomic mass is 35.5. The maximum absolute atomic E-state index is 13.0. The summed E-state index contributed by atoms with van der Waals surface area (Å²) in [5.41, 5.74) is 2.22. The van der Waals surface area contributed by atoms with E-state index in [0.29, 0.717) is 47.6 Å². The number of carbonyl (C=O) groups excluding carboxylic acids is 1. The zero-order valence-electron chi connectivity index (χ0n) is 18.9. The highest BCUT2D eigenvalue weighted by Crippen LogP contribution is 2.30. The Morgan fingerprint density at radius 2 is 1.97 bits per heavy atom. The van der Waals surface area contributed by atoms with Gasteiger partial charge in [-0.2, -0.15) is 0 Å². The molecule has 2 aromatic carbocycles. The molecule has 176 valence electrons. The monoisotopic (exact) mass is 487 g/mol. The molecule has 1 N–H and O–H groups in total. The van der Waals surface area contributed by atoms with Crippen molar-refractivity contribution in [2.24, 2.45) is 0 Å². The Morgan fingerprint density at radius 1 is 1.09 bits per heavy atom. The first-order chi connectivity index (χ1) is 17.1. The van der Waals surface area contributed by atoms with Gasteiger partial charge in [-0.15, -0.1) is 10.2 Å². The number of benzene rings is 2. The Morgan fingerprint density at radius 3 is 2.77 bits per heavy atom. The maximum Gasteiger partial charge on any atom is 0.322 e. The van der Waals surface area contributed by atoms with E-state index in [1.54, 1.807) is 18.4 Å². The van der Waals surface area contributed by atoms with Crippen molar-refractivity contribution in [3.8, 4) is 11.6 Å². The van der Waals surface area contributed by atoms with E-state index in [1.807, 2.05) is 64.8 Å². The van der Waals surface area contributed by atoms with Gasteiger partial charge in [-0.1, -0.05) is 29.8 Å². The second-order valence-corrected chi connectivity index (χ2v) is 8.95. The van der Waals surface area contributed by atoms with Crippen LogP contribution in [0.25, 0.3) is 28.1 Å². The lowest BCUT2D eigenvalue weighted by Crippen LogP contribution is -2.55. The summed E-state index contributed by atoms with van der Waals surface area (Å²) in [4.78, 5) is 22.0. The minimum atomic E-state index is -0.156. The van der Waals surface area contributed by atoms with Crippen molar-refractivity contribution in [3.63, 3.8) is 0 Å². The Bertz CT molecular complexity index is 1530. The van der Waals surface area contributed by atoms with E-state index in [0.717, 1.165) is 16.9 Å². The zero-order chi connectivity index (χ0) is 23.9. The maximum atomic E-state index is 13.0. The number of hydrogen-bond acceptors (Lipinski definition) is 6. The number of hydrogen-bond donors (Lipinski definition) is 1. The van der Waals surface area contributed by atoms with Crippen LogP contribution in [0.4, 0.5) is 16.4 Å². The minimum Gasteiger partial charge on any atom is -0.461 e. The molecule has 5 aromatic rings. The number of nitrogens with one attached hydrogen (secondary N) is 1. The van der Waals surface area contributed by atoms with Gasteiger partial charge in [-0.05, 0) is 49.4 Å². The van der Waals surface area contributed by atoms with Crippen molar-refractivity contribution in [3.05, 3.63) is 71.9 Å². The Balaban J connectivity index is 1.33. The van der Waals surface area contributed by atoms with Crippen LogP contribution in [-0.4, -0.2) is 56.2 Å². The first-order valence-electron chi connectivity index (χ1n) is 11.3. The quantitative estimate of drug-likeness (QED) is 0.388. The van der Waals surface area contributed by atoms with Gasteiger partial charge >= 0.3 is 6.03 Å². The molecule has 1 saturated heterocycles. The first-order valence-corrected chi connectivity index (χ1v) is 11.7. The number of aromatic nitrogens is 4. The Hall–Kier alpha value is -4.11. The number of piperazine rings is 1. The van der Waals surface area contributed by atoms with Crippen LogP contribution in [0.2, 0.25) is 5.02 Å². The standard InChI is InChI=1S/C25H22ClN7O2/c1-16-15-31(11-12-32(16)25(34)27-18-7-4-6-17(26)14-18)24-28-20-9-3-2-8-19(20)22-29-30-23(33(22)24)21-10-5-13-35-21/h2-10,13-14,16H,11-12,15H2,1H3,(H,27,34)/t16-/m0/s1. The average Bonchev–Trinajstić information content (AvgIpc) is 3.54. The molecule has 6 rings (SSSR count). The van der Waals surface area contributed by atoms with Gasteiger partial charge in [0.1, 0.15) is 0 Å². The molecule has 1 aliphatic rings. The summed E-state index contributed by atoms with van der Waals surface area (Å²) in [6.45, 7) is 3.76. The molecule has 0 saturated carbocycles. The van der Waals surface area contributed by atoms with Crippen molar-refractivity contribution in [1.82, 2.24) is 24.5 Å². The molecule has 3 aromatic heterocycles. The fourth-order valence-electron chi connectivity index (χ4n) is 4.55. The molecule has 1 aliphatic heterocycles. The number of amides is 2. The van der Waals surface area contributed by atoms with Gasteiger partial charge in [0.15, 0.2) is 11.4 Å². The summed E-state index contributed by atoms with van der Waals surface area (Å²) < 4.78 is 7.57. The van der Waals surface area contributed by atoms with E-state index in [2.05, 4.69) is 20.4 Å². The summed E-state index contributed by atoms with van der Waals surface area (Å²) in [7, 11) is 0. The summed E-state index contributed by atoms with van der Waals surface area (Å²) in [6, 6.07) is 18.5. The van der Waals surface area contributed by atoms with Crippen molar-refractivity contribution < 1.29 is 9.21 Å². The number of para-hydroxylation sites is 1. The number of rotatable bonds is 3. The SMILES string of the molecule is C[C@H]1CN(c2nc3ccccc3c3nnc(-c4ccco4)n23)CCN1C(=O)Nc1cccc(Cl)c1. The van der Waals surface area contributed by atoms with E-state index in [-0.39, 0.29) is 12.1 Å². The molecule has 1 fully saturated rings. The van der Waals surface area contributed by atoms with Crippen LogP contribution in [0.1, 0.15) is 6.92 Å². The van der Waals surface area contributed by atoms with E-state index in [1.165, 1.54) is 0 Å². The normalized spacial score (nSPS) is 16.2. The molecule has 35 heavy (non-hydrogen) atoms. The lowest BCUT2D eigenvalue weighted by Gasteiger charge is -2.40. The first kappa shape index (κ1) is 21.4. The van der Waals surface area contributed by atoms with E-state index < -0.39 is 0 Å². The van der Waals surface area contributed by atoms with Gasteiger partial charge in [-0.25, -0.2) is 14.2 Å². The smallest absolute Gasteiger partial charge is 0.322 e. The second-order valence-electron chi connectivity index (χ2n) is 8.52. The number of fused-ring (bicyclic) bond motifs is 3. The fraction of sp³-hybridized carbons (Fsp3) is 0.200. The van der Waals surface area contributed by atoms with Crippen LogP contribution in [0.5, 0.6) is 0 Å². The molecule has 0 aliphatic carbocycles. The molecule has 0 radical (unpaired) electrons. The third-order valence-corrected chi connectivity index (χ3v) is 6.45. The molecular formula is C25H22ClN7O2. The summed E-state index contributed by atoms with van der Waals surface area (Å²) >= 11 is 6.06. The van der Waals surface area contributed by atoms with Crippen LogP contribution in [0.3, 0.4) is 0 Å². The highest BCUT2D eigenvalue weighted by molar-refractivity contribution is 6.30. The van der Waals surface area contributed by atoms with Crippen LogP contribution in [0, 0.1) is 0 Å². The number of carbonyl (C=O) groups is 1. The van der Waals surface area contributed by atoms with Crippen molar-refractivity contribution >= 4 is 45.8 Å². The van der Waals surface area contributed by atoms with Crippen molar-refractivity contribution in [2.45, 2.75) is 13.0 Å². The Kier molecular flexibility index (Phi) is 5.26. The van der Waals surface area contributed by atoms with Gasteiger partial charge in [0, 0.05) is 41.8 Å². The van der Waals surface area contributed by atoms with E-state index in [4.69, 9.17) is 21.0 Å². The van der Waals surface area contributed by atoms with E-state index in [9.17, 15) is 4.79 Å². The number of anilines is 2. The van der Waals surface area contributed by atoms with Crippen molar-refractivity contribution in [1.29, 1.82) is 0 Å². The Labute approximate surface area is 205 Å². The topological polar surface area (TPSA) is 91.8 Å². The molecule has 2 amide bonds. The van der Waals surface area contributed by atoms with Gasteiger partial charge < -0.3 is 19.5 Å². The average molecular weight is 488 g/mol. The molecule has 10 heteroatoms. The number of urea groups is 1. The van der Waals surface area contributed by atoms with Crippen LogP contribution in [0.15, 0.2) is 71.3 Å². The van der Waals surface area contributed by atoms with Crippen LogP contribution in [-0.2, 0) is 0 Å². The molecule has 0 spiro atoms. The summed E-state index contributed by atoms with van der Waals surface area (Å²) in [6.07, 6.45) is 1.62. The van der Waals surface area contributed by atoms with Gasteiger partial charge in [-0.3, -0.25) is 0 Å².